The lowest BCUT2D eigenvalue weighted by molar-refractivity contribution is -0.136. The van der Waals surface area contributed by atoms with Gasteiger partial charge >= 0.3 is 5.97 Å². The van der Waals surface area contributed by atoms with Crippen LogP contribution in [0.5, 0.6) is 0 Å². The minimum atomic E-state index is -0.602. The van der Waals surface area contributed by atoms with E-state index in [2.05, 4.69) is 10.6 Å². The molecule has 30 heavy (non-hydrogen) atoms. The third-order valence-corrected chi connectivity index (χ3v) is 5.73. The molecule has 0 bridgehead atoms. The number of aliphatic hydroxyl groups is 1. The van der Waals surface area contributed by atoms with Gasteiger partial charge in [-0.15, -0.1) is 0 Å². The molecule has 1 aromatic rings. The molecule has 0 saturated heterocycles. The summed E-state index contributed by atoms with van der Waals surface area (Å²) in [4.78, 5) is 39.1. The van der Waals surface area contributed by atoms with Gasteiger partial charge in [-0.05, 0) is 37.5 Å². The monoisotopic (exact) mass is 415 g/mol. The van der Waals surface area contributed by atoms with E-state index in [4.69, 9.17) is 4.74 Å². The lowest BCUT2D eigenvalue weighted by Gasteiger charge is -2.23. The molecule has 1 aliphatic carbocycles. The number of methoxy groups -OCH3 is 1. The molecular formula is C22H29N3O5. The molecule has 2 amide bonds. The number of esters is 1. The Labute approximate surface area is 176 Å². The minimum absolute atomic E-state index is 0.0648. The van der Waals surface area contributed by atoms with Crippen LogP contribution < -0.4 is 10.6 Å². The highest BCUT2D eigenvalue weighted by Crippen LogP contribution is 2.26. The number of aliphatic hydroxyl groups excluding tert-OH is 1. The normalized spacial score (nSPS) is 17.3. The Morgan fingerprint density at radius 1 is 1.23 bits per heavy atom. The highest BCUT2D eigenvalue weighted by atomic mass is 16.5. The summed E-state index contributed by atoms with van der Waals surface area (Å²) in [6.45, 7) is 1.79. The number of nitrogens with zero attached hydrogens (tertiary/aromatic N) is 1. The number of hydrogen-bond acceptors (Lipinski definition) is 6. The smallest absolute Gasteiger partial charge is 0.337 e. The molecular weight excluding hydrogens is 386 g/mol. The van der Waals surface area contributed by atoms with Gasteiger partial charge in [-0.1, -0.05) is 25.3 Å². The lowest BCUT2D eigenvalue weighted by Crippen LogP contribution is -2.36. The second-order valence-corrected chi connectivity index (χ2v) is 7.71. The van der Waals surface area contributed by atoms with Crippen molar-refractivity contribution in [1.82, 2.24) is 10.2 Å². The number of benzene rings is 1. The Kier molecular flexibility index (Phi) is 7.10. The van der Waals surface area contributed by atoms with Crippen LogP contribution in [0.15, 0.2) is 29.5 Å². The number of amides is 2. The third-order valence-electron chi connectivity index (χ3n) is 5.73. The molecule has 3 N–H and O–H groups in total. The molecule has 1 aliphatic heterocycles. The van der Waals surface area contributed by atoms with Crippen LogP contribution in [0.2, 0.25) is 0 Å². The minimum Gasteiger partial charge on any atom is -0.466 e. The molecule has 3 rings (SSSR count). The maximum Gasteiger partial charge on any atom is 0.337 e. The van der Waals surface area contributed by atoms with E-state index in [1.807, 2.05) is 0 Å². The van der Waals surface area contributed by atoms with Crippen molar-refractivity contribution >= 4 is 23.5 Å². The SMILES string of the molecule is COC(=O)C1=C(Nc2cccc(C(=O)NC3CCCCC3)c2C)C(=O)N(CCO)C1. The molecule has 8 heteroatoms. The molecule has 1 heterocycles. The highest BCUT2D eigenvalue weighted by molar-refractivity contribution is 6.09. The van der Waals surface area contributed by atoms with Crippen LogP contribution in [0.25, 0.3) is 0 Å². The van der Waals surface area contributed by atoms with Crippen molar-refractivity contribution < 1.29 is 24.2 Å². The van der Waals surface area contributed by atoms with E-state index in [0.717, 1.165) is 25.7 Å². The molecule has 2 aliphatic rings. The van der Waals surface area contributed by atoms with Gasteiger partial charge < -0.3 is 25.4 Å². The fourth-order valence-electron chi connectivity index (χ4n) is 4.01. The van der Waals surface area contributed by atoms with Crippen LogP contribution in [0.1, 0.15) is 48.0 Å². The van der Waals surface area contributed by atoms with Crippen molar-refractivity contribution in [3.63, 3.8) is 0 Å². The topological polar surface area (TPSA) is 108 Å². The maximum atomic E-state index is 12.8. The third kappa shape index (κ3) is 4.64. The summed E-state index contributed by atoms with van der Waals surface area (Å²) in [5.74, 6) is -1.12. The molecule has 0 spiro atoms. The predicted octanol–water partition coefficient (Wildman–Crippen LogP) is 1.73. The van der Waals surface area contributed by atoms with Gasteiger partial charge in [0.2, 0.25) is 0 Å². The van der Waals surface area contributed by atoms with E-state index >= 15 is 0 Å². The molecule has 1 aromatic carbocycles. The average molecular weight is 415 g/mol. The van der Waals surface area contributed by atoms with Gasteiger partial charge in [0.05, 0.1) is 25.8 Å². The van der Waals surface area contributed by atoms with Gasteiger partial charge in [-0.2, -0.15) is 0 Å². The van der Waals surface area contributed by atoms with Crippen LogP contribution in [-0.4, -0.2) is 60.6 Å². The fraction of sp³-hybridized carbons (Fsp3) is 0.500. The van der Waals surface area contributed by atoms with E-state index in [9.17, 15) is 19.5 Å². The first-order chi connectivity index (χ1) is 14.5. The summed E-state index contributed by atoms with van der Waals surface area (Å²) in [7, 11) is 1.26. The molecule has 1 fully saturated rings. The number of hydrogen-bond donors (Lipinski definition) is 3. The zero-order valence-corrected chi connectivity index (χ0v) is 17.5. The zero-order chi connectivity index (χ0) is 21.7. The Morgan fingerprint density at radius 2 is 1.97 bits per heavy atom. The van der Waals surface area contributed by atoms with E-state index in [0.29, 0.717) is 16.8 Å². The van der Waals surface area contributed by atoms with Crippen molar-refractivity contribution in [3.05, 3.63) is 40.6 Å². The number of carbonyl (C=O) groups is 3. The quantitative estimate of drug-likeness (QED) is 0.586. The van der Waals surface area contributed by atoms with Crippen molar-refractivity contribution in [2.24, 2.45) is 0 Å². The largest absolute Gasteiger partial charge is 0.466 e. The zero-order valence-electron chi connectivity index (χ0n) is 17.5. The Hall–Kier alpha value is -2.87. The molecule has 162 valence electrons. The average Bonchev–Trinajstić information content (AvgIpc) is 3.05. The summed E-state index contributed by atoms with van der Waals surface area (Å²) in [5.41, 5.74) is 2.11. The van der Waals surface area contributed by atoms with Gasteiger partial charge in [-0.25, -0.2) is 4.79 Å². The van der Waals surface area contributed by atoms with E-state index < -0.39 is 5.97 Å². The summed E-state index contributed by atoms with van der Waals surface area (Å²) in [6.07, 6.45) is 5.45. The molecule has 1 saturated carbocycles. The van der Waals surface area contributed by atoms with Crippen molar-refractivity contribution in [2.75, 3.05) is 32.1 Å². The first-order valence-corrected chi connectivity index (χ1v) is 10.3. The van der Waals surface area contributed by atoms with Gasteiger partial charge in [0.1, 0.15) is 5.70 Å². The number of ether oxygens (including phenoxy) is 1. The Morgan fingerprint density at radius 3 is 2.63 bits per heavy atom. The second kappa shape index (κ2) is 9.75. The van der Waals surface area contributed by atoms with Crippen molar-refractivity contribution in [1.29, 1.82) is 0 Å². The Balaban J connectivity index is 1.83. The van der Waals surface area contributed by atoms with E-state index in [1.165, 1.54) is 18.4 Å². The number of β-amino-alcohol motifs (C(OH)–C–C–N with tert-alkyl or cyclic N) is 1. The van der Waals surface area contributed by atoms with E-state index in [-0.39, 0.29) is 48.8 Å². The van der Waals surface area contributed by atoms with Crippen LogP contribution in [0, 0.1) is 6.92 Å². The number of nitrogens with one attached hydrogen (secondary N) is 2. The maximum absolute atomic E-state index is 12.8. The van der Waals surface area contributed by atoms with Crippen LogP contribution in [-0.2, 0) is 14.3 Å². The van der Waals surface area contributed by atoms with Gasteiger partial charge in [0.15, 0.2) is 0 Å². The highest BCUT2D eigenvalue weighted by Gasteiger charge is 2.34. The van der Waals surface area contributed by atoms with Crippen LogP contribution in [0.4, 0.5) is 5.69 Å². The summed E-state index contributed by atoms with van der Waals surface area (Å²) in [6, 6.07) is 5.45. The number of rotatable bonds is 7. The Bertz CT molecular complexity index is 858. The number of carbonyl (C=O) groups excluding carboxylic acids is 3. The fourth-order valence-corrected chi connectivity index (χ4v) is 4.01. The standard InChI is InChI=1S/C22H29N3O5/c1-14-16(20(27)23-15-7-4-3-5-8-15)9-6-10-18(14)24-19-17(22(29)30-2)13-25(11-12-26)21(19)28/h6,9-10,15,24,26H,3-5,7-8,11-13H2,1-2H3,(H,23,27). The van der Waals surface area contributed by atoms with Crippen molar-refractivity contribution in [2.45, 2.75) is 45.1 Å². The molecule has 8 nitrogen and oxygen atoms in total. The van der Waals surface area contributed by atoms with Crippen LogP contribution >= 0.6 is 0 Å². The summed E-state index contributed by atoms with van der Waals surface area (Å²) in [5, 5.41) is 15.3. The van der Waals surface area contributed by atoms with Gasteiger partial charge in [0, 0.05) is 23.8 Å². The van der Waals surface area contributed by atoms with Gasteiger partial charge in [-0.3, -0.25) is 9.59 Å². The first-order valence-electron chi connectivity index (χ1n) is 10.3. The lowest BCUT2D eigenvalue weighted by atomic mass is 9.95. The second-order valence-electron chi connectivity index (χ2n) is 7.71. The summed E-state index contributed by atoms with van der Waals surface area (Å²) < 4.78 is 4.81. The first kappa shape index (κ1) is 21.8. The summed E-state index contributed by atoms with van der Waals surface area (Å²) >= 11 is 0. The van der Waals surface area contributed by atoms with Crippen molar-refractivity contribution in [3.8, 4) is 0 Å². The molecule has 0 aromatic heterocycles. The van der Waals surface area contributed by atoms with Crippen LogP contribution in [0.3, 0.4) is 0 Å². The van der Waals surface area contributed by atoms with E-state index in [1.54, 1.807) is 25.1 Å². The molecule has 0 atom stereocenters. The predicted molar refractivity (Wildman–Crippen MR) is 112 cm³/mol. The van der Waals surface area contributed by atoms with Gasteiger partial charge in [0.25, 0.3) is 11.8 Å². The number of anilines is 1. The molecule has 0 radical (unpaired) electrons. The molecule has 0 unspecified atom stereocenters.